The van der Waals surface area contributed by atoms with Gasteiger partial charge in [0.05, 0.1) is 22.7 Å². The van der Waals surface area contributed by atoms with Crippen LogP contribution in [0.2, 0.25) is 0 Å². The maximum Gasteiger partial charge on any atom is 0.326 e. The number of nitrogens with one attached hydrogen (secondary N) is 1. The largest absolute Gasteiger partial charge is 0.326 e. The van der Waals surface area contributed by atoms with Gasteiger partial charge in [-0.3, -0.25) is 9.55 Å². The summed E-state index contributed by atoms with van der Waals surface area (Å²) in [6.07, 6.45) is 1.62. The SMILES string of the molecule is Cn1c(=O)[nH]c2c3cc(Br)c(C(C)(C)F)cc3ncc21. The van der Waals surface area contributed by atoms with Gasteiger partial charge in [0.25, 0.3) is 0 Å². The molecule has 20 heavy (non-hydrogen) atoms. The summed E-state index contributed by atoms with van der Waals surface area (Å²) in [5.74, 6) is 0. The van der Waals surface area contributed by atoms with Crippen molar-refractivity contribution in [2.45, 2.75) is 19.5 Å². The second-order valence-electron chi connectivity index (χ2n) is 5.33. The molecule has 104 valence electrons. The van der Waals surface area contributed by atoms with Crippen molar-refractivity contribution in [2.24, 2.45) is 7.05 Å². The van der Waals surface area contributed by atoms with Crippen molar-refractivity contribution >= 4 is 37.9 Å². The van der Waals surface area contributed by atoms with Crippen LogP contribution in [-0.4, -0.2) is 14.5 Å². The molecule has 0 unspecified atom stereocenters. The van der Waals surface area contributed by atoms with E-state index in [0.29, 0.717) is 21.1 Å². The number of nitrogens with zero attached hydrogens (tertiary/aromatic N) is 2. The van der Waals surface area contributed by atoms with Crippen molar-refractivity contribution in [3.8, 4) is 0 Å². The van der Waals surface area contributed by atoms with Gasteiger partial charge >= 0.3 is 5.69 Å². The van der Waals surface area contributed by atoms with E-state index in [4.69, 9.17) is 0 Å². The Morgan fingerprint density at radius 1 is 1.40 bits per heavy atom. The fourth-order valence-electron chi connectivity index (χ4n) is 2.34. The lowest BCUT2D eigenvalue weighted by atomic mass is 9.98. The molecule has 1 N–H and O–H groups in total. The normalized spacial score (nSPS) is 12.4. The van der Waals surface area contributed by atoms with E-state index in [1.54, 1.807) is 25.4 Å². The van der Waals surface area contributed by atoms with Crippen LogP contribution in [0.5, 0.6) is 0 Å². The van der Waals surface area contributed by atoms with Gasteiger partial charge in [-0.25, -0.2) is 9.18 Å². The Bertz CT molecular complexity index is 889. The summed E-state index contributed by atoms with van der Waals surface area (Å²) < 4.78 is 16.3. The van der Waals surface area contributed by atoms with Crippen molar-refractivity contribution in [3.05, 3.63) is 38.9 Å². The molecule has 3 rings (SSSR count). The molecular formula is C14H13BrFN3O. The summed E-state index contributed by atoms with van der Waals surface area (Å²) >= 11 is 3.40. The Hall–Kier alpha value is -1.69. The van der Waals surface area contributed by atoms with Gasteiger partial charge in [0, 0.05) is 22.5 Å². The molecule has 0 aliphatic rings. The Kier molecular flexibility index (Phi) is 2.76. The standard InChI is InChI=1S/C14H13BrFN3O/c1-14(2,16)8-5-10-7(4-9(8)15)12-11(6-17-10)19(3)13(20)18-12/h4-6H,1-3H3,(H,18,20). The van der Waals surface area contributed by atoms with E-state index < -0.39 is 5.67 Å². The van der Waals surface area contributed by atoms with Gasteiger partial charge in [0.1, 0.15) is 5.67 Å². The Morgan fingerprint density at radius 3 is 2.75 bits per heavy atom. The third kappa shape index (κ3) is 1.86. The Balaban J connectivity index is 2.45. The summed E-state index contributed by atoms with van der Waals surface area (Å²) in [7, 11) is 1.68. The summed E-state index contributed by atoms with van der Waals surface area (Å²) in [5.41, 5.74) is 0.972. The summed E-state index contributed by atoms with van der Waals surface area (Å²) in [6.45, 7) is 3.00. The van der Waals surface area contributed by atoms with Gasteiger partial charge in [-0.1, -0.05) is 15.9 Å². The van der Waals surface area contributed by atoms with Crippen LogP contribution < -0.4 is 5.69 Å². The number of rotatable bonds is 1. The van der Waals surface area contributed by atoms with Crippen LogP contribution in [0.4, 0.5) is 4.39 Å². The fraction of sp³-hybridized carbons (Fsp3) is 0.286. The molecule has 1 aromatic carbocycles. The molecule has 2 aromatic heterocycles. The molecule has 0 saturated heterocycles. The van der Waals surface area contributed by atoms with Crippen molar-refractivity contribution in [1.29, 1.82) is 0 Å². The van der Waals surface area contributed by atoms with Crippen LogP contribution in [0.3, 0.4) is 0 Å². The predicted octanol–water partition coefficient (Wildman–Crippen LogP) is 3.38. The number of aryl methyl sites for hydroxylation is 1. The first kappa shape index (κ1) is 13.3. The van der Waals surface area contributed by atoms with Crippen molar-refractivity contribution in [3.63, 3.8) is 0 Å². The highest BCUT2D eigenvalue weighted by molar-refractivity contribution is 9.10. The maximum absolute atomic E-state index is 14.2. The van der Waals surface area contributed by atoms with E-state index in [0.717, 1.165) is 10.9 Å². The van der Waals surface area contributed by atoms with Crippen molar-refractivity contribution in [1.82, 2.24) is 14.5 Å². The average molecular weight is 338 g/mol. The molecule has 0 amide bonds. The van der Waals surface area contributed by atoms with E-state index in [1.807, 2.05) is 0 Å². The van der Waals surface area contributed by atoms with Gasteiger partial charge in [-0.05, 0) is 26.0 Å². The van der Waals surface area contributed by atoms with Gasteiger partial charge in [0.2, 0.25) is 0 Å². The lowest BCUT2D eigenvalue weighted by Crippen LogP contribution is -2.11. The van der Waals surface area contributed by atoms with Gasteiger partial charge in [0.15, 0.2) is 0 Å². The third-order valence-electron chi connectivity index (χ3n) is 3.48. The lowest BCUT2D eigenvalue weighted by molar-refractivity contribution is 0.220. The zero-order valence-electron chi connectivity index (χ0n) is 11.3. The first-order valence-corrected chi connectivity index (χ1v) is 6.94. The average Bonchev–Trinajstić information content (AvgIpc) is 2.64. The number of aromatic amines is 1. The molecule has 0 aliphatic heterocycles. The second-order valence-corrected chi connectivity index (χ2v) is 6.18. The van der Waals surface area contributed by atoms with Crippen LogP contribution in [0.1, 0.15) is 19.4 Å². The van der Waals surface area contributed by atoms with Crippen LogP contribution in [-0.2, 0) is 12.7 Å². The third-order valence-corrected chi connectivity index (χ3v) is 4.13. The van der Waals surface area contributed by atoms with Crippen LogP contribution in [0.15, 0.2) is 27.6 Å². The maximum atomic E-state index is 14.2. The predicted molar refractivity (Wildman–Crippen MR) is 80.7 cm³/mol. The number of pyridine rings is 1. The summed E-state index contributed by atoms with van der Waals surface area (Å²) in [5, 5.41) is 0.792. The highest BCUT2D eigenvalue weighted by Crippen LogP contribution is 2.35. The smallest absolute Gasteiger partial charge is 0.305 e. The minimum absolute atomic E-state index is 0.194. The number of benzene rings is 1. The zero-order valence-corrected chi connectivity index (χ0v) is 12.9. The molecular weight excluding hydrogens is 325 g/mol. The summed E-state index contributed by atoms with van der Waals surface area (Å²) in [4.78, 5) is 18.8. The number of aromatic nitrogens is 3. The van der Waals surface area contributed by atoms with Gasteiger partial charge in [-0.15, -0.1) is 0 Å². The topological polar surface area (TPSA) is 50.7 Å². The minimum Gasteiger partial charge on any atom is -0.305 e. The van der Waals surface area contributed by atoms with E-state index in [1.165, 1.54) is 18.4 Å². The highest BCUT2D eigenvalue weighted by atomic mass is 79.9. The Morgan fingerprint density at radius 2 is 2.10 bits per heavy atom. The molecule has 6 heteroatoms. The quantitative estimate of drug-likeness (QED) is 0.740. The number of H-pyrrole nitrogens is 1. The molecule has 0 spiro atoms. The van der Waals surface area contributed by atoms with Crippen molar-refractivity contribution < 1.29 is 4.39 Å². The van der Waals surface area contributed by atoms with Gasteiger partial charge in [-0.2, -0.15) is 0 Å². The van der Waals surface area contributed by atoms with Crippen LogP contribution in [0.25, 0.3) is 21.9 Å². The molecule has 0 aliphatic carbocycles. The van der Waals surface area contributed by atoms with E-state index in [-0.39, 0.29) is 5.69 Å². The zero-order chi connectivity index (χ0) is 14.7. The van der Waals surface area contributed by atoms with Crippen LogP contribution in [0, 0.1) is 0 Å². The number of imidazole rings is 1. The molecule has 0 radical (unpaired) electrons. The van der Waals surface area contributed by atoms with E-state index >= 15 is 0 Å². The molecule has 0 saturated carbocycles. The lowest BCUT2D eigenvalue weighted by Gasteiger charge is -2.17. The number of hydrogen-bond donors (Lipinski definition) is 1. The number of hydrogen-bond acceptors (Lipinski definition) is 2. The fourth-order valence-corrected chi connectivity index (χ4v) is 3.16. The van der Waals surface area contributed by atoms with E-state index in [2.05, 4.69) is 25.9 Å². The number of alkyl halides is 1. The number of fused-ring (bicyclic) bond motifs is 3. The number of halogens is 2. The molecule has 0 fully saturated rings. The molecule has 0 bridgehead atoms. The summed E-state index contributed by atoms with van der Waals surface area (Å²) in [6, 6.07) is 3.52. The van der Waals surface area contributed by atoms with Crippen molar-refractivity contribution in [2.75, 3.05) is 0 Å². The second kappa shape index (κ2) is 4.15. The molecule has 4 nitrogen and oxygen atoms in total. The molecule has 3 aromatic rings. The highest BCUT2D eigenvalue weighted by Gasteiger charge is 2.23. The van der Waals surface area contributed by atoms with Gasteiger partial charge < -0.3 is 4.98 Å². The minimum atomic E-state index is -1.46. The first-order chi connectivity index (χ1) is 9.29. The monoisotopic (exact) mass is 337 g/mol. The molecule has 2 heterocycles. The van der Waals surface area contributed by atoms with Crippen LogP contribution >= 0.6 is 15.9 Å². The van der Waals surface area contributed by atoms with E-state index in [9.17, 15) is 9.18 Å². The Labute approximate surface area is 122 Å². The molecule has 0 atom stereocenters. The first-order valence-electron chi connectivity index (χ1n) is 6.15.